The molecule has 0 saturated carbocycles. The van der Waals surface area contributed by atoms with E-state index in [1.165, 1.54) is 6.26 Å². The summed E-state index contributed by atoms with van der Waals surface area (Å²) in [6.07, 6.45) is 1.84. The Bertz CT molecular complexity index is 251. The highest BCUT2D eigenvalue weighted by molar-refractivity contribution is 7.91. The largest absolute Gasteiger partial charge is 0.326 e. The molecule has 2 atom stereocenters. The molecule has 80 valence electrons. The summed E-state index contributed by atoms with van der Waals surface area (Å²) in [6.45, 7) is 7.75. The summed E-state index contributed by atoms with van der Waals surface area (Å²) in [5, 5.41) is -0.424. The molecule has 0 aliphatic heterocycles. The number of sulfone groups is 1. The third-order valence-electron chi connectivity index (χ3n) is 2.35. The highest BCUT2D eigenvalue weighted by atomic mass is 32.2. The molecule has 0 radical (unpaired) electrons. The van der Waals surface area contributed by atoms with Crippen LogP contribution in [0.5, 0.6) is 0 Å². The fourth-order valence-electron chi connectivity index (χ4n) is 1.38. The van der Waals surface area contributed by atoms with E-state index in [4.69, 9.17) is 5.73 Å². The number of hydrogen-bond acceptors (Lipinski definition) is 3. The van der Waals surface area contributed by atoms with Gasteiger partial charge in [0.25, 0.3) is 0 Å². The van der Waals surface area contributed by atoms with Gasteiger partial charge >= 0.3 is 0 Å². The fourth-order valence-corrected chi connectivity index (χ4v) is 2.93. The zero-order chi connectivity index (χ0) is 10.9. The quantitative estimate of drug-likeness (QED) is 0.756. The molecule has 0 unspecified atom stereocenters. The highest BCUT2D eigenvalue weighted by Gasteiger charge is 2.33. The lowest BCUT2D eigenvalue weighted by atomic mass is 9.84. The Morgan fingerprint density at radius 1 is 1.31 bits per heavy atom. The molecule has 0 aliphatic rings. The topological polar surface area (TPSA) is 60.2 Å². The monoisotopic (exact) mass is 207 g/mol. The first-order chi connectivity index (χ1) is 5.60. The molecule has 0 amide bonds. The van der Waals surface area contributed by atoms with Crippen LogP contribution in [-0.2, 0) is 9.84 Å². The van der Waals surface area contributed by atoms with Crippen molar-refractivity contribution in [3.8, 4) is 0 Å². The number of rotatable bonds is 3. The lowest BCUT2D eigenvalue weighted by molar-refractivity contribution is 0.304. The first-order valence-corrected chi connectivity index (χ1v) is 6.50. The average Bonchev–Trinajstić information content (AvgIpc) is 1.83. The van der Waals surface area contributed by atoms with E-state index >= 15 is 0 Å². The van der Waals surface area contributed by atoms with Gasteiger partial charge in [0.05, 0.1) is 5.25 Å². The second kappa shape index (κ2) is 3.96. The second-order valence-corrected chi connectivity index (χ2v) is 6.93. The van der Waals surface area contributed by atoms with Gasteiger partial charge < -0.3 is 5.73 Å². The molecule has 0 aliphatic carbocycles. The predicted molar refractivity (Wildman–Crippen MR) is 56.4 cm³/mol. The summed E-state index contributed by atoms with van der Waals surface area (Å²) in [4.78, 5) is 0. The SMILES string of the molecule is CC[C@H]([C@H](N)C(C)(C)C)S(C)(=O)=O. The van der Waals surface area contributed by atoms with Crippen molar-refractivity contribution < 1.29 is 8.42 Å². The van der Waals surface area contributed by atoms with E-state index in [-0.39, 0.29) is 11.5 Å². The van der Waals surface area contributed by atoms with E-state index in [1.807, 2.05) is 27.7 Å². The smallest absolute Gasteiger partial charge is 0.151 e. The van der Waals surface area contributed by atoms with Crippen LogP contribution in [0.25, 0.3) is 0 Å². The Morgan fingerprint density at radius 2 is 1.69 bits per heavy atom. The van der Waals surface area contributed by atoms with Crippen LogP contribution in [0.2, 0.25) is 0 Å². The lowest BCUT2D eigenvalue weighted by Crippen LogP contribution is -2.48. The zero-order valence-electron chi connectivity index (χ0n) is 9.16. The number of nitrogens with two attached hydrogens (primary N) is 1. The van der Waals surface area contributed by atoms with Crippen molar-refractivity contribution in [3.63, 3.8) is 0 Å². The maximum atomic E-state index is 11.4. The van der Waals surface area contributed by atoms with Crippen LogP contribution in [0.4, 0.5) is 0 Å². The molecule has 0 saturated heterocycles. The Kier molecular flexibility index (Phi) is 3.94. The molecule has 0 bridgehead atoms. The van der Waals surface area contributed by atoms with Crippen LogP contribution in [0.1, 0.15) is 34.1 Å². The normalized spacial score (nSPS) is 18.3. The van der Waals surface area contributed by atoms with Gasteiger partial charge in [0.1, 0.15) is 0 Å². The van der Waals surface area contributed by atoms with E-state index in [9.17, 15) is 8.42 Å². The second-order valence-electron chi connectivity index (χ2n) is 4.67. The van der Waals surface area contributed by atoms with Crippen LogP contribution < -0.4 is 5.73 Å². The molecule has 3 nitrogen and oxygen atoms in total. The van der Waals surface area contributed by atoms with Crippen LogP contribution in [0, 0.1) is 5.41 Å². The summed E-state index contributed by atoms with van der Waals surface area (Å²) in [5.41, 5.74) is 5.75. The molecule has 0 rings (SSSR count). The Morgan fingerprint density at radius 3 is 1.77 bits per heavy atom. The maximum absolute atomic E-state index is 11.4. The highest BCUT2D eigenvalue weighted by Crippen LogP contribution is 2.24. The van der Waals surface area contributed by atoms with Crippen molar-refractivity contribution in [2.24, 2.45) is 11.1 Å². The van der Waals surface area contributed by atoms with Gasteiger partial charge in [0, 0.05) is 12.3 Å². The Hall–Kier alpha value is -0.0900. The third-order valence-corrected chi connectivity index (χ3v) is 4.08. The third kappa shape index (κ3) is 3.65. The summed E-state index contributed by atoms with van der Waals surface area (Å²) in [5.74, 6) is 0. The minimum atomic E-state index is -3.02. The van der Waals surface area contributed by atoms with Crippen LogP contribution in [0.15, 0.2) is 0 Å². The van der Waals surface area contributed by atoms with E-state index in [0.717, 1.165) is 0 Å². The van der Waals surface area contributed by atoms with Crippen molar-refractivity contribution in [1.29, 1.82) is 0 Å². The van der Waals surface area contributed by atoms with E-state index < -0.39 is 15.1 Å². The van der Waals surface area contributed by atoms with E-state index in [0.29, 0.717) is 6.42 Å². The Balaban J connectivity index is 4.82. The first kappa shape index (κ1) is 12.9. The standard InChI is InChI=1S/C9H21NO2S/c1-6-7(13(5,11)12)8(10)9(2,3)4/h7-8H,6,10H2,1-5H3/t7-,8+/m1/s1. The zero-order valence-corrected chi connectivity index (χ0v) is 9.98. The number of hydrogen-bond donors (Lipinski definition) is 1. The van der Waals surface area contributed by atoms with Crippen molar-refractivity contribution in [1.82, 2.24) is 0 Å². The van der Waals surface area contributed by atoms with Crippen molar-refractivity contribution in [2.45, 2.75) is 45.4 Å². The fraction of sp³-hybridized carbons (Fsp3) is 1.00. The molecule has 0 aromatic heterocycles. The molecule has 0 spiro atoms. The van der Waals surface area contributed by atoms with Gasteiger partial charge in [-0.2, -0.15) is 0 Å². The maximum Gasteiger partial charge on any atom is 0.151 e. The van der Waals surface area contributed by atoms with Crippen molar-refractivity contribution >= 4 is 9.84 Å². The molecule has 0 fully saturated rings. The molecule has 4 heteroatoms. The van der Waals surface area contributed by atoms with Gasteiger partial charge in [-0.25, -0.2) is 8.42 Å². The van der Waals surface area contributed by atoms with Crippen molar-refractivity contribution in [2.75, 3.05) is 6.26 Å². The van der Waals surface area contributed by atoms with Crippen LogP contribution >= 0.6 is 0 Å². The Labute approximate surface area is 81.6 Å². The van der Waals surface area contributed by atoms with Gasteiger partial charge in [-0.05, 0) is 11.8 Å². The van der Waals surface area contributed by atoms with Gasteiger partial charge in [-0.1, -0.05) is 27.7 Å². The van der Waals surface area contributed by atoms with E-state index in [1.54, 1.807) is 0 Å². The minimum absolute atomic E-state index is 0.163. The van der Waals surface area contributed by atoms with E-state index in [2.05, 4.69) is 0 Å². The van der Waals surface area contributed by atoms with Crippen molar-refractivity contribution in [3.05, 3.63) is 0 Å². The van der Waals surface area contributed by atoms with Gasteiger partial charge in [0.15, 0.2) is 9.84 Å². The summed E-state index contributed by atoms with van der Waals surface area (Å²) >= 11 is 0. The molecule has 2 N–H and O–H groups in total. The molecular weight excluding hydrogens is 186 g/mol. The van der Waals surface area contributed by atoms with Crippen LogP contribution in [-0.4, -0.2) is 26.0 Å². The minimum Gasteiger partial charge on any atom is -0.326 e. The summed E-state index contributed by atoms with van der Waals surface area (Å²) < 4.78 is 22.7. The van der Waals surface area contributed by atoms with Gasteiger partial charge in [-0.3, -0.25) is 0 Å². The first-order valence-electron chi connectivity index (χ1n) is 4.55. The summed E-state index contributed by atoms with van der Waals surface area (Å²) in [6, 6.07) is -0.299. The predicted octanol–water partition coefficient (Wildman–Crippen LogP) is 1.18. The molecule has 0 aromatic rings. The average molecular weight is 207 g/mol. The lowest BCUT2D eigenvalue weighted by Gasteiger charge is -2.32. The molecule has 13 heavy (non-hydrogen) atoms. The molecular formula is C9H21NO2S. The molecule has 0 heterocycles. The van der Waals surface area contributed by atoms with Gasteiger partial charge in [-0.15, -0.1) is 0 Å². The van der Waals surface area contributed by atoms with Crippen LogP contribution in [0.3, 0.4) is 0 Å². The summed E-state index contributed by atoms with van der Waals surface area (Å²) in [7, 11) is -3.02. The van der Waals surface area contributed by atoms with Gasteiger partial charge in [0.2, 0.25) is 0 Å². The molecule has 0 aromatic carbocycles.